The zero-order valence-corrected chi connectivity index (χ0v) is 54.2. The number of alkyl halides is 6. The van der Waals surface area contributed by atoms with E-state index in [2.05, 4.69) is 21.3 Å². The number of carboxylic acid groups (broad SMARTS) is 1. The van der Waals surface area contributed by atoms with Crippen LogP contribution >= 0.6 is 0 Å². The van der Waals surface area contributed by atoms with E-state index in [0.717, 1.165) is 65.9 Å². The second kappa shape index (κ2) is 33.1. The number of halogens is 10. The number of ether oxygens (including phenoxy) is 2. The van der Waals surface area contributed by atoms with Gasteiger partial charge in [-0.05, 0) is 134 Å². The molecule has 8 aromatic rings. The maximum Gasteiger partial charge on any atom is 1.00 e. The molecule has 1 fully saturated rings. The summed E-state index contributed by atoms with van der Waals surface area (Å²) in [5.74, 6) is -9.57. The third kappa shape index (κ3) is 18.1. The maximum absolute atomic E-state index is 14.9. The Kier molecular flexibility index (Phi) is 26.8. The number of carbonyl (C=O) groups excluding carboxylic acids is 3. The van der Waals surface area contributed by atoms with E-state index >= 15 is 0 Å². The minimum absolute atomic E-state index is 0. The van der Waals surface area contributed by atoms with Gasteiger partial charge in [-0.1, -0.05) is 86.6 Å². The molecule has 96 heavy (non-hydrogen) atoms. The molecule has 1 aliphatic heterocycles. The number of benzene rings is 6. The first-order valence-corrected chi connectivity index (χ1v) is 29.9. The van der Waals surface area contributed by atoms with Gasteiger partial charge in [0.1, 0.15) is 46.5 Å². The zero-order chi connectivity index (χ0) is 69.3. The normalized spacial score (nSPS) is 13.3. The SMILES string of the molecule is C1CCOC1.CC[C@H](C)Nc1cc(F)c(C(=O)N[C@@H](Cc2ccc(-c3c(C(F)(F)F)cc(C)n(C)c3=O)c3ccccc23)C(=O)O)c(F)c1.CC[C@H](C)Nc1cc(F)c(C(=O)N[C@@H](Cc2ccc(-c3c(C(F)(F)F)cc(C)n(C)c3=O)c3ccccc23)C(=O)OC)c(F)c1.[Li+].[OH-]. The summed E-state index contributed by atoms with van der Waals surface area (Å²) in [6, 6.07) is 20.4. The van der Waals surface area contributed by atoms with Gasteiger partial charge in [0.2, 0.25) is 0 Å². The van der Waals surface area contributed by atoms with Gasteiger partial charge in [-0.3, -0.25) is 19.2 Å². The largest absolute Gasteiger partial charge is 1.00 e. The van der Waals surface area contributed by atoms with Crippen LogP contribution in [0.3, 0.4) is 0 Å². The first kappa shape index (κ1) is 77.7. The van der Waals surface area contributed by atoms with Gasteiger partial charge in [-0.25, -0.2) is 27.2 Å². The van der Waals surface area contributed by atoms with Gasteiger partial charge >= 0.3 is 43.2 Å². The van der Waals surface area contributed by atoms with E-state index in [9.17, 15) is 77.8 Å². The number of methoxy groups -OCH3 is 1. The standard InChI is InChI=1S/C33H32F5N3O4.C32H30F5N3O4.C4H8O.Li.H2O/c1-6-17(2)39-20-15-25(34)29(26(35)16-20)30(42)40-27(32(44)45-5)14-19-11-12-23(22-10-8-7-9-21(19)22)28-24(33(36,37)38)13-18(3)41(4)31(28)43;1-5-16(2)38-19-14-24(33)28(25(34)15-19)29(41)39-26(31(43)44)13-18-10-11-22(21-9-7-6-8-20(18)21)27-23(32(35,36)37)12-17(3)40(4)30(27)42;1-2-4-5-3-1;;/h7-13,15-17,27,39H,6,14H2,1-5H3,(H,40,42);6-12,14-16,26,38H,5,13H2,1-4H3,(H,39,41)(H,43,44);1-4H2;;1H2/q;;;+1;/p-1/t17-,27-;16-,26-;;;/m00.../s1. The van der Waals surface area contributed by atoms with Gasteiger partial charge in [0.05, 0.1) is 29.4 Å². The number of hydrogen-bond acceptors (Lipinski definition) is 11. The molecule has 1 saturated heterocycles. The summed E-state index contributed by atoms with van der Waals surface area (Å²) in [5.41, 5.74) is -5.62. The Morgan fingerprint density at radius 3 is 1.23 bits per heavy atom. The Morgan fingerprint density at radius 1 is 0.573 bits per heavy atom. The number of fused-ring (bicyclic) bond motifs is 2. The van der Waals surface area contributed by atoms with E-state index in [1.165, 1.54) is 71.1 Å². The molecule has 508 valence electrons. The summed E-state index contributed by atoms with van der Waals surface area (Å²) < 4.78 is 156. The predicted octanol–water partition coefficient (Wildman–Crippen LogP) is 10.6. The van der Waals surface area contributed by atoms with Gasteiger partial charge in [0.15, 0.2) is 0 Å². The van der Waals surface area contributed by atoms with E-state index in [1.807, 2.05) is 20.8 Å². The quantitative estimate of drug-likeness (QED) is 0.0307. The molecule has 27 heteroatoms. The van der Waals surface area contributed by atoms with Crippen molar-refractivity contribution in [1.29, 1.82) is 0 Å². The smallest absolute Gasteiger partial charge is 0.870 e. The number of carbonyl (C=O) groups is 4. The van der Waals surface area contributed by atoms with Crippen LogP contribution in [-0.4, -0.2) is 88.0 Å². The molecule has 3 heterocycles. The van der Waals surface area contributed by atoms with Crippen LogP contribution in [0.15, 0.2) is 119 Å². The molecule has 0 radical (unpaired) electrons. The number of aliphatic carboxylic acids is 1. The Bertz CT molecular complexity index is 4240. The van der Waals surface area contributed by atoms with E-state index in [0.29, 0.717) is 34.7 Å². The zero-order valence-electron chi connectivity index (χ0n) is 54.2. The molecular formula is C69H71F10LiN6O10. The predicted molar refractivity (Wildman–Crippen MR) is 340 cm³/mol. The van der Waals surface area contributed by atoms with Crippen molar-refractivity contribution < 1.29 is 102 Å². The van der Waals surface area contributed by atoms with Crippen molar-refractivity contribution in [2.75, 3.05) is 31.0 Å². The van der Waals surface area contributed by atoms with Crippen LogP contribution < -0.4 is 51.2 Å². The molecule has 0 unspecified atom stereocenters. The van der Waals surface area contributed by atoms with Crippen molar-refractivity contribution in [2.45, 2.75) is 117 Å². The second-order valence-electron chi connectivity index (χ2n) is 22.7. The molecule has 1 aliphatic rings. The first-order valence-electron chi connectivity index (χ1n) is 29.9. The summed E-state index contributed by atoms with van der Waals surface area (Å²) in [5, 5.41) is 21.5. The number of aromatic nitrogens is 2. The third-order valence-corrected chi connectivity index (χ3v) is 16.2. The Balaban J connectivity index is 0.000000317. The second-order valence-corrected chi connectivity index (χ2v) is 22.7. The van der Waals surface area contributed by atoms with E-state index in [1.54, 1.807) is 49.4 Å². The summed E-state index contributed by atoms with van der Waals surface area (Å²) >= 11 is 0. The van der Waals surface area contributed by atoms with Crippen molar-refractivity contribution in [1.82, 2.24) is 19.8 Å². The van der Waals surface area contributed by atoms with Gasteiger partial charge in [-0.2, -0.15) is 26.3 Å². The Hall–Kier alpha value is -8.96. The van der Waals surface area contributed by atoms with Gasteiger partial charge < -0.3 is 50.5 Å². The van der Waals surface area contributed by atoms with Gasteiger partial charge in [0.25, 0.3) is 22.9 Å². The summed E-state index contributed by atoms with van der Waals surface area (Å²) in [6.07, 6.45) is -6.36. The number of rotatable bonds is 18. The monoisotopic (exact) mass is 1340 g/mol. The Labute approximate surface area is 557 Å². The molecule has 16 nitrogen and oxygen atoms in total. The maximum atomic E-state index is 14.9. The minimum Gasteiger partial charge on any atom is -0.870 e. The number of hydrogen-bond donors (Lipinski definition) is 5. The molecule has 2 amide bonds. The fourth-order valence-electron chi connectivity index (χ4n) is 10.6. The number of pyridine rings is 2. The number of nitrogens with zero attached hydrogens (tertiary/aromatic N) is 2. The molecule has 6 N–H and O–H groups in total. The number of aryl methyl sites for hydroxylation is 2. The third-order valence-electron chi connectivity index (χ3n) is 16.2. The number of nitrogens with one attached hydrogen (secondary N) is 4. The molecule has 6 aromatic carbocycles. The van der Waals surface area contributed by atoms with Crippen LogP contribution in [0.25, 0.3) is 43.8 Å². The van der Waals surface area contributed by atoms with Gasteiger partial charge in [0, 0.05) is 75.0 Å². The van der Waals surface area contributed by atoms with Crippen LogP contribution in [0.2, 0.25) is 0 Å². The molecular weight excluding hydrogens is 1270 g/mol. The van der Waals surface area contributed by atoms with Crippen molar-refractivity contribution in [2.24, 2.45) is 14.1 Å². The Morgan fingerprint density at radius 2 is 0.917 bits per heavy atom. The number of amides is 2. The molecule has 0 saturated carbocycles. The summed E-state index contributed by atoms with van der Waals surface area (Å²) in [7, 11) is 3.81. The van der Waals surface area contributed by atoms with Crippen LogP contribution in [0.5, 0.6) is 0 Å². The van der Waals surface area contributed by atoms with Crippen LogP contribution in [0.4, 0.5) is 55.3 Å². The van der Waals surface area contributed by atoms with Crippen molar-refractivity contribution in [3.05, 3.63) is 198 Å². The van der Waals surface area contributed by atoms with E-state index in [-0.39, 0.29) is 93.9 Å². The fraction of sp³-hybridized carbons (Fsp3) is 0.333. The molecule has 4 atom stereocenters. The number of esters is 1. The number of anilines is 2. The van der Waals surface area contributed by atoms with Crippen molar-refractivity contribution in [3.63, 3.8) is 0 Å². The van der Waals surface area contributed by atoms with Gasteiger partial charge in [-0.15, -0.1) is 0 Å². The van der Waals surface area contributed by atoms with Crippen LogP contribution in [-0.2, 0) is 58.4 Å². The molecule has 2 aromatic heterocycles. The first-order chi connectivity index (χ1) is 44.3. The van der Waals surface area contributed by atoms with Crippen molar-refractivity contribution in [3.8, 4) is 22.3 Å². The summed E-state index contributed by atoms with van der Waals surface area (Å²) in [6.45, 7) is 12.2. The summed E-state index contributed by atoms with van der Waals surface area (Å²) in [4.78, 5) is 77.2. The average molecular weight is 1340 g/mol. The molecule has 0 spiro atoms. The van der Waals surface area contributed by atoms with E-state index in [4.69, 9.17) is 9.47 Å². The van der Waals surface area contributed by atoms with Crippen molar-refractivity contribution >= 4 is 56.7 Å². The molecule has 0 bridgehead atoms. The van der Waals surface area contributed by atoms with Crippen LogP contribution in [0, 0.1) is 37.1 Å². The van der Waals surface area contributed by atoms with Crippen LogP contribution in [0.1, 0.15) is 108 Å². The number of carboxylic acids is 1. The molecule has 9 rings (SSSR count). The minimum atomic E-state index is -4.83. The fourth-order valence-corrected chi connectivity index (χ4v) is 10.6. The van der Waals surface area contributed by atoms with E-state index < -0.39 is 116 Å². The topological polar surface area (TPSA) is 229 Å². The molecule has 0 aliphatic carbocycles. The average Bonchev–Trinajstić information content (AvgIpc) is 1.11.